The summed E-state index contributed by atoms with van der Waals surface area (Å²) in [7, 11) is 0. The van der Waals surface area contributed by atoms with E-state index in [-0.39, 0.29) is 12.1 Å². The van der Waals surface area contributed by atoms with Crippen LogP contribution >= 0.6 is 27.3 Å². The smallest absolute Gasteiger partial charge is 0.277 e. The van der Waals surface area contributed by atoms with Gasteiger partial charge in [0.1, 0.15) is 12.8 Å². The minimum Gasteiger partial charge on any atom is -0.301 e. The van der Waals surface area contributed by atoms with Gasteiger partial charge in [0.15, 0.2) is 0 Å². The third-order valence-corrected chi connectivity index (χ3v) is 3.63. The number of aromatic nitrogens is 2. The Labute approximate surface area is 91.3 Å². The molecule has 0 aromatic carbocycles. The Morgan fingerprint density at radius 3 is 3.14 bits per heavy atom. The second-order valence-corrected chi connectivity index (χ2v) is 4.39. The lowest BCUT2D eigenvalue weighted by atomic mass is 10.4. The first kappa shape index (κ1) is 9.54. The highest BCUT2D eigenvalue weighted by molar-refractivity contribution is 9.10. The van der Waals surface area contributed by atoms with Crippen molar-refractivity contribution in [2.45, 2.75) is 6.54 Å². The monoisotopic (exact) mass is 272 g/mol. The van der Waals surface area contributed by atoms with Crippen LogP contribution in [0.25, 0.3) is 10.1 Å². The first-order valence-electron chi connectivity index (χ1n) is 3.80. The molecule has 72 valence electrons. The Kier molecular flexibility index (Phi) is 2.47. The maximum Gasteiger partial charge on any atom is 0.277 e. The van der Waals surface area contributed by atoms with E-state index in [9.17, 15) is 9.59 Å². The van der Waals surface area contributed by atoms with Gasteiger partial charge in [-0.2, -0.15) is 5.10 Å². The lowest BCUT2D eigenvalue weighted by molar-refractivity contribution is -0.108. The molecule has 4 nitrogen and oxygen atoms in total. The topological polar surface area (TPSA) is 52.0 Å². The van der Waals surface area contributed by atoms with E-state index < -0.39 is 0 Å². The molecule has 0 unspecified atom stereocenters. The summed E-state index contributed by atoms with van der Waals surface area (Å²) >= 11 is 4.73. The van der Waals surface area contributed by atoms with Crippen molar-refractivity contribution in [3.63, 3.8) is 0 Å². The van der Waals surface area contributed by atoms with Crippen LogP contribution in [0, 0.1) is 0 Å². The largest absolute Gasteiger partial charge is 0.301 e. The Balaban J connectivity index is 2.79. The highest BCUT2D eigenvalue weighted by atomic mass is 79.9. The summed E-state index contributed by atoms with van der Waals surface area (Å²) in [6.45, 7) is -0.00292. The van der Waals surface area contributed by atoms with Gasteiger partial charge in [-0.3, -0.25) is 4.79 Å². The number of thiophene rings is 1. The molecule has 2 aromatic heterocycles. The molecule has 0 saturated heterocycles. The van der Waals surface area contributed by atoms with E-state index in [0.29, 0.717) is 11.7 Å². The summed E-state index contributed by atoms with van der Waals surface area (Å²) in [5.74, 6) is 0. The van der Waals surface area contributed by atoms with Crippen LogP contribution in [0.3, 0.4) is 0 Å². The third kappa shape index (κ3) is 1.40. The quantitative estimate of drug-likeness (QED) is 0.777. The highest BCUT2D eigenvalue weighted by Gasteiger charge is 2.08. The predicted molar refractivity (Wildman–Crippen MR) is 57.6 cm³/mol. The molecule has 0 atom stereocenters. The molecule has 0 fully saturated rings. The number of hydrogen-bond acceptors (Lipinski definition) is 4. The maximum atomic E-state index is 11.7. The van der Waals surface area contributed by atoms with E-state index in [2.05, 4.69) is 21.0 Å². The van der Waals surface area contributed by atoms with Crippen molar-refractivity contribution < 1.29 is 4.79 Å². The van der Waals surface area contributed by atoms with Crippen molar-refractivity contribution in [3.05, 3.63) is 26.4 Å². The zero-order valence-electron chi connectivity index (χ0n) is 6.94. The first-order valence-corrected chi connectivity index (χ1v) is 5.47. The van der Waals surface area contributed by atoms with Crippen molar-refractivity contribution in [1.82, 2.24) is 9.78 Å². The van der Waals surface area contributed by atoms with E-state index >= 15 is 0 Å². The molecule has 2 rings (SSSR count). The molecule has 6 heteroatoms. The van der Waals surface area contributed by atoms with Gasteiger partial charge in [0.25, 0.3) is 5.56 Å². The molecule has 2 heterocycles. The Morgan fingerprint density at radius 2 is 2.43 bits per heavy atom. The number of halogens is 1. The average molecular weight is 273 g/mol. The fourth-order valence-electron chi connectivity index (χ4n) is 1.16. The molecule has 0 spiro atoms. The molecule has 0 aliphatic carbocycles. The molecular weight excluding hydrogens is 268 g/mol. The molecule has 0 N–H and O–H groups in total. The first-order chi connectivity index (χ1) is 6.74. The predicted octanol–water partition coefficient (Wildman–Crippen LogP) is 1.42. The second-order valence-electron chi connectivity index (χ2n) is 2.62. The normalized spacial score (nSPS) is 10.6. The molecule has 2 aromatic rings. The Morgan fingerprint density at radius 1 is 1.64 bits per heavy atom. The molecular formula is C8H5BrN2O2S. The number of rotatable bonds is 2. The summed E-state index contributed by atoms with van der Waals surface area (Å²) in [6, 6.07) is 0. The molecule has 0 aliphatic heterocycles. The van der Waals surface area contributed by atoms with E-state index in [0.717, 1.165) is 13.9 Å². The lowest BCUT2D eigenvalue weighted by Gasteiger charge is -1.98. The maximum absolute atomic E-state index is 11.7. The van der Waals surface area contributed by atoms with Gasteiger partial charge in [0.2, 0.25) is 0 Å². The summed E-state index contributed by atoms with van der Waals surface area (Å²) in [4.78, 5) is 22.0. The van der Waals surface area contributed by atoms with E-state index in [1.165, 1.54) is 11.3 Å². The number of fused-ring (bicyclic) bond motifs is 1. The van der Waals surface area contributed by atoms with Crippen LogP contribution in [0.2, 0.25) is 0 Å². The number of carbonyl (C=O) groups excluding carboxylic acids is 1. The summed E-state index contributed by atoms with van der Waals surface area (Å²) in [5.41, 5.74) is -0.234. The van der Waals surface area contributed by atoms with Crippen molar-refractivity contribution in [2.75, 3.05) is 0 Å². The van der Waals surface area contributed by atoms with Gasteiger partial charge < -0.3 is 4.79 Å². The van der Waals surface area contributed by atoms with E-state index in [1.54, 1.807) is 6.20 Å². The Hall–Kier alpha value is -1.01. The van der Waals surface area contributed by atoms with Crippen LogP contribution < -0.4 is 5.56 Å². The van der Waals surface area contributed by atoms with Gasteiger partial charge >= 0.3 is 0 Å². The van der Waals surface area contributed by atoms with Crippen LogP contribution in [0.5, 0.6) is 0 Å². The number of carbonyl (C=O) groups is 1. The van der Waals surface area contributed by atoms with Gasteiger partial charge in [0, 0.05) is 9.85 Å². The second kappa shape index (κ2) is 3.62. The molecule has 14 heavy (non-hydrogen) atoms. The van der Waals surface area contributed by atoms with Crippen LogP contribution in [-0.4, -0.2) is 16.1 Å². The van der Waals surface area contributed by atoms with Gasteiger partial charge in [-0.1, -0.05) is 0 Å². The van der Waals surface area contributed by atoms with E-state index in [4.69, 9.17) is 0 Å². The van der Waals surface area contributed by atoms with E-state index in [1.807, 2.05) is 5.38 Å². The summed E-state index contributed by atoms with van der Waals surface area (Å²) < 4.78 is 2.72. The van der Waals surface area contributed by atoms with Crippen molar-refractivity contribution in [3.8, 4) is 0 Å². The zero-order valence-corrected chi connectivity index (χ0v) is 9.34. The van der Waals surface area contributed by atoms with Crippen molar-refractivity contribution >= 4 is 43.6 Å². The molecule has 0 amide bonds. The summed E-state index contributed by atoms with van der Waals surface area (Å²) in [5, 5.41) is 6.29. The molecule has 0 radical (unpaired) electrons. The summed E-state index contributed by atoms with van der Waals surface area (Å²) in [6.07, 6.45) is 2.25. The molecule has 0 aliphatic rings. The fraction of sp³-hybridized carbons (Fsp3) is 0.125. The fourth-order valence-corrected chi connectivity index (χ4v) is 2.72. The Bertz CT molecular complexity index is 546. The molecule has 0 bridgehead atoms. The minimum atomic E-state index is -0.234. The number of aldehydes is 1. The number of nitrogens with zero attached hydrogens (tertiary/aromatic N) is 2. The van der Waals surface area contributed by atoms with Crippen molar-refractivity contribution in [2.24, 2.45) is 0 Å². The van der Waals surface area contributed by atoms with Gasteiger partial charge in [0.05, 0.1) is 16.3 Å². The lowest BCUT2D eigenvalue weighted by Crippen LogP contribution is -2.22. The zero-order chi connectivity index (χ0) is 10.1. The van der Waals surface area contributed by atoms with Crippen molar-refractivity contribution in [1.29, 1.82) is 0 Å². The SMILES string of the molecule is O=CCn1ncc2scc(Br)c2c1=O. The standard InChI is InChI=1S/C8H5BrN2O2S/c9-5-4-14-6-3-10-11(1-2-12)8(13)7(5)6/h2-4H,1H2. The van der Waals surface area contributed by atoms with Crippen LogP contribution in [0.1, 0.15) is 0 Å². The van der Waals surface area contributed by atoms with Crippen LogP contribution in [0.15, 0.2) is 20.8 Å². The highest BCUT2D eigenvalue weighted by Crippen LogP contribution is 2.26. The molecule has 0 saturated carbocycles. The van der Waals surface area contributed by atoms with Gasteiger partial charge in [-0.15, -0.1) is 11.3 Å². The van der Waals surface area contributed by atoms with Crippen LogP contribution in [0.4, 0.5) is 0 Å². The van der Waals surface area contributed by atoms with Crippen LogP contribution in [-0.2, 0) is 11.3 Å². The third-order valence-electron chi connectivity index (χ3n) is 1.78. The minimum absolute atomic E-state index is 0.00292. The van der Waals surface area contributed by atoms with Gasteiger partial charge in [-0.05, 0) is 15.9 Å². The average Bonchev–Trinajstić information content (AvgIpc) is 2.54. The number of hydrogen-bond donors (Lipinski definition) is 0. The van der Waals surface area contributed by atoms with Gasteiger partial charge in [-0.25, -0.2) is 4.68 Å².